The molecule has 0 bridgehead atoms. The third-order valence-corrected chi connectivity index (χ3v) is 4.94. The Morgan fingerprint density at radius 1 is 1.36 bits per heavy atom. The van der Waals surface area contributed by atoms with Gasteiger partial charge >= 0.3 is 0 Å². The second-order valence-electron chi connectivity index (χ2n) is 7.13. The number of pyridine rings is 1. The second kappa shape index (κ2) is 8.23. The Kier molecular flexibility index (Phi) is 6.28. The molecule has 0 spiro atoms. The van der Waals surface area contributed by atoms with Crippen molar-refractivity contribution < 1.29 is 14.4 Å². The van der Waals surface area contributed by atoms with E-state index in [9.17, 15) is 14.4 Å². The molecular weight excluding hydrogens is 318 g/mol. The average Bonchev–Trinajstić information content (AvgIpc) is 2.58. The van der Waals surface area contributed by atoms with E-state index in [-0.39, 0.29) is 5.91 Å². The van der Waals surface area contributed by atoms with Crippen LogP contribution in [0.25, 0.3) is 0 Å². The number of likely N-dealkylation sites (tertiary alicyclic amines) is 1. The van der Waals surface area contributed by atoms with Crippen LogP contribution in [0.4, 0.5) is 0 Å². The van der Waals surface area contributed by atoms with E-state index in [1.165, 1.54) is 4.90 Å². The molecule has 0 radical (unpaired) electrons. The van der Waals surface area contributed by atoms with E-state index in [0.717, 1.165) is 18.4 Å². The lowest BCUT2D eigenvalue weighted by molar-refractivity contribution is -0.157. The number of aryl methyl sites for hydroxylation is 1. The summed E-state index contributed by atoms with van der Waals surface area (Å²) < 4.78 is 0. The lowest BCUT2D eigenvalue weighted by Gasteiger charge is -2.40. The average molecular weight is 345 g/mol. The molecule has 1 aromatic heterocycles. The van der Waals surface area contributed by atoms with Crippen LogP contribution in [-0.2, 0) is 20.8 Å². The third kappa shape index (κ3) is 4.65. The van der Waals surface area contributed by atoms with Crippen LogP contribution >= 0.6 is 0 Å². The zero-order chi connectivity index (χ0) is 18.4. The molecule has 0 aliphatic carbocycles. The first-order valence-corrected chi connectivity index (χ1v) is 8.89. The predicted molar refractivity (Wildman–Crippen MR) is 94.8 cm³/mol. The highest BCUT2D eigenvalue weighted by Gasteiger charge is 2.43. The van der Waals surface area contributed by atoms with E-state index in [1.807, 2.05) is 25.3 Å². The molecule has 1 fully saturated rings. The molecule has 2 rings (SSSR count). The van der Waals surface area contributed by atoms with Gasteiger partial charge in [-0.1, -0.05) is 26.8 Å². The van der Waals surface area contributed by atoms with E-state index < -0.39 is 23.1 Å². The van der Waals surface area contributed by atoms with Crippen LogP contribution in [0.15, 0.2) is 24.5 Å². The van der Waals surface area contributed by atoms with E-state index in [2.05, 4.69) is 10.3 Å². The van der Waals surface area contributed by atoms with E-state index in [4.69, 9.17) is 0 Å². The number of rotatable bonds is 8. The fraction of sp³-hybridized carbons (Fsp3) is 0.579. The third-order valence-electron chi connectivity index (χ3n) is 4.94. The van der Waals surface area contributed by atoms with Gasteiger partial charge in [0.1, 0.15) is 6.04 Å². The summed E-state index contributed by atoms with van der Waals surface area (Å²) in [5.41, 5.74) is 0.446. The SMILES string of the molecule is CCC(C)(C)C(=O)C(=O)N1CC[C@H]1C(=O)NCCCc1cccnc1. The first-order chi connectivity index (χ1) is 11.9. The number of nitrogens with zero attached hydrogens (tertiary/aromatic N) is 2. The Morgan fingerprint density at radius 2 is 2.12 bits per heavy atom. The second-order valence-corrected chi connectivity index (χ2v) is 7.13. The Hall–Kier alpha value is -2.24. The number of carbonyl (C=O) groups is 3. The molecule has 1 saturated heterocycles. The number of aromatic nitrogens is 1. The molecule has 6 heteroatoms. The number of carbonyl (C=O) groups excluding carboxylic acids is 3. The molecular formula is C19H27N3O3. The standard InChI is InChI=1S/C19H27N3O3/c1-4-19(2,3)16(23)18(25)22-12-9-15(22)17(24)21-11-6-8-14-7-5-10-20-13-14/h5,7,10,13,15H,4,6,8-9,11-12H2,1-3H3,(H,21,24)/t15-/m0/s1. The van der Waals surface area contributed by atoms with Gasteiger partial charge in [-0.25, -0.2) is 0 Å². The molecule has 0 unspecified atom stereocenters. The summed E-state index contributed by atoms with van der Waals surface area (Å²) in [6.45, 7) is 6.42. The van der Waals surface area contributed by atoms with Gasteiger partial charge in [0.2, 0.25) is 11.7 Å². The molecule has 1 aliphatic heterocycles. The van der Waals surface area contributed by atoms with Gasteiger partial charge in [0, 0.05) is 30.9 Å². The van der Waals surface area contributed by atoms with Gasteiger partial charge in [-0.2, -0.15) is 0 Å². The topological polar surface area (TPSA) is 79.4 Å². The van der Waals surface area contributed by atoms with Crippen molar-refractivity contribution in [2.75, 3.05) is 13.1 Å². The van der Waals surface area contributed by atoms with Gasteiger partial charge in [-0.15, -0.1) is 0 Å². The van der Waals surface area contributed by atoms with Crippen LogP contribution in [0.3, 0.4) is 0 Å². The van der Waals surface area contributed by atoms with Crippen molar-refractivity contribution in [2.45, 2.75) is 52.5 Å². The van der Waals surface area contributed by atoms with Gasteiger partial charge in [0.25, 0.3) is 5.91 Å². The molecule has 1 aromatic rings. The predicted octanol–water partition coefficient (Wildman–Crippen LogP) is 1.74. The largest absolute Gasteiger partial charge is 0.354 e. The van der Waals surface area contributed by atoms with Crippen LogP contribution in [0.5, 0.6) is 0 Å². The summed E-state index contributed by atoms with van der Waals surface area (Å²) in [7, 11) is 0. The minimum absolute atomic E-state index is 0.173. The number of nitrogens with one attached hydrogen (secondary N) is 1. The van der Waals surface area contributed by atoms with Crippen molar-refractivity contribution in [2.24, 2.45) is 5.41 Å². The minimum atomic E-state index is -0.683. The molecule has 1 aliphatic rings. The lowest BCUT2D eigenvalue weighted by Crippen LogP contribution is -2.61. The highest BCUT2D eigenvalue weighted by Crippen LogP contribution is 2.25. The summed E-state index contributed by atoms with van der Waals surface area (Å²) in [5.74, 6) is -1.12. The Labute approximate surface area is 149 Å². The molecule has 0 aromatic carbocycles. The van der Waals surface area contributed by atoms with Crippen molar-refractivity contribution in [3.05, 3.63) is 30.1 Å². The molecule has 2 amide bonds. The van der Waals surface area contributed by atoms with Crippen LogP contribution in [0, 0.1) is 5.41 Å². The van der Waals surface area contributed by atoms with Crippen molar-refractivity contribution in [1.29, 1.82) is 0 Å². The fourth-order valence-corrected chi connectivity index (χ4v) is 2.65. The monoisotopic (exact) mass is 345 g/mol. The molecule has 2 heterocycles. The summed E-state index contributed by atoms with van der Waals surface area (Å²) in [4.78, 5) is 42.4. The van der Waals surface area contributed by atoms with Crippen molar-refractivity contribution in [3.8, 4) is 0 Å². The molecule has 0 saturated carbocycles. The first-order valence-electron chi connectivity index (χ1n) is 8.89. The van der Waals surface area contributed by atoms with E-state index in [1.54, 1.807) is 20.0 Å². The number of amides is 2. The number of hydrogen-bond acceptors (Lipinski definition) is 4. The van der Waals surface area contributed by atoms with Crippen molar-refractivity contribution in [1.82, 2.24) is 15.2 Å². The van der Waals surface area contributed by atoms with Crippen LogP contribution in [0.2, 0.25) is 0 Å². The van der Waals surface area contributed by atoms with Gasteiger partial charge < -0.3 is 10.2 Å². The van der Waals surface area contributed by atoms with Crippen molar-refractivity contribution >= 4 is 17.6 Å². The van der Waals surface area contributed by atoms with Crippen LogP contribution in [-0.4, -0.2) is 46.6 Å². The zero-order valence-electron chi connectivity index (χ0n) is 15.2. The number of Topliss-reactive ketones (excluding diaryl/α,β-unsaturated/α-hetero) is 1. The van der Waals surface area contributed by atoms with Gasteiger partial charge in [0.05, 0.1) is 0 Å². The smallest absolute Gasteiger partial charge is 0.291 e. The quantitative estimate of drug-likeness (QED) is 0.575. The van der Waals surface area contributed by atoms with Crippen molar-refractivity contribution in [3.63, 3.8) is 0 Å². The fourth-order valence-electron chi connectivity index (χ4n) is 2.65. The lowest BCUT2D eigenvalue weighted by atomic mass is 9.83. The van der Waals surface area contributed by atoms with Crippen LogP contribution in [0.1, 0.15) is 45.6 Å². The Bertz CT molecular complexity index is 628. The van der Waals surface area contributed by atoms with Gasteiger partial charge in [-0.3, -0.25) is 19.4 Å². The minimum Gasteiger partial charge on any atom is -0.354 e. The summed E-state index contributed by atoms with van der Waals surface area (Å²) in [6, 6.07) is 3.38. The molecule has 136 valence electrons. The Balaban J connectivity index is 1.78. The zero-order valence-corrected chi connectivity index (χ0v) is 15.2. The maximum absolute atomic E-state index is 12.4. The summed E-state index contributed by atoms with van der Waals surface area (Å²) >= 11 is 0. The number of hydrogen-bond donors (Lipinski definition) is 1. The maximum atomic E-state index is 12.4. The van der Waals surface area contributed by atoms with Gasteiger partial charge in [0.15, 0.2) is 0 Å². The number of ketones is 1. The molecule has 25 heavy (non-hydrogen) atoms. The van der Waals surface area contributed by atoms with Crippen LogP contribution < -0.4 is 5.32 Å². The van der Waals surface area contributed by atoms with Gasteiger partial charge in [-0.05, 0) is 37.3 Å². The molecule has 1 atom stereocenters. The Morgan fingerprint density at radius 3 is 2.68 bits per heavy atom. The van der Waals surface area contributed by atoms with E-state index >= 15 is 0 Å². The maximum Gasteiger partial charge on any atom is 0.291 e. The first kappa shape index (κ1) is 19.1. The molecule has 1 N–H and O–H groups in total. The van der Waals surface area contributed by atoms with E-state index in [0.29, 0.717) is 25.9 Å². The molecule has 6 nitrogen and oxygen atoms in total. The normalized spacial score (nSPS) is 16.9. The summed E-state index contributed by atoms with van der Waals surface area (Å²) in [6.07, 6.45) is 6.39. The highest BCUT2D eigenvalue weighted by atomic mass is 16.2. The highest BCUT2D eigenvalue weighted by molar-refractivity contribution is 6.38. The summed E-state index contributed by atoms with van der Waals surface area (Å²) in [5, 5.41) is 2.87.